The van der Waals surface area contributed by atoms with Gasteiger partial charge in [0.2, 0.25) is 0 Å². The average Bonchev–Trinajstić information content (AvgIpc) is 2.22. The fourth-order valence-electron chi connectivity index (χ4n) is 5.39. The second-order valence-electron chi connectivity index (χ2n) is 7.86. The van der Waals surface area contributed by atoms with E-state index in [1.165, 1.54) is 19.3 Å². The minimum absolute atomic E-state index is 0.198. The van der Waals surface area contributed by atoms with Gasteiger partial charge in [-0.2, -0.15) is 0 Å². The topological polar surface area (TPSA) is 40.5 Å². The largest absolute Gasteiger partial charge is 0.396 e. The highest BCUT2D eigenvalue weighted by molar-refractivity contribution is 5.07. The predicted octanol–water partition coefficient (Wildman–Crippen LogP) is 3.36. The van der Waals surface area contributed by atoms with Crippen LogP contribution in [0.1, 0.15) is 66.2 Å². The van der Waals surface area contributed by atoms with Crippen molar-refractivity contribution in [1.29, 1.82) is 0 Å². The maximum Gasteiger partial charge on any atom is 0.0654 e. The Balaban J connectivity index is 2.35. The molecule has 0 aromatic rings. The third-order valence-corrected chi connectivity index (χ3v) is 6.18. The van der Waals surface area contributed by atoms with Crippen molar-refractivity contribution < 1.29 is 10.2 Å². The van der Waals surface area contributed by atoms with E-state index in [-0.39, 0.29) is 17.9 Å². The molecule has 2 saturated carbocycles. The predicted molar refractivity (Wildman–Crippen MR) is 74.3 cm³/mol. The van der Waals surface area contributed by atoms with Crippen LogP contribution in [0.4, 0.5) is 0 Å². The summed E-state index contributed by atoms with van der Waals surface area (Å²) in [6.07, 6.45) is 6.55. The molecule has 2 aliphatic carbocycles. The van der Waals surface area contributed by atoms with Crippen molar-refractivity contribution in [3.63, 3.8) is 0 Å². The first-order chi connectivity index (χ1) is 8.24. The number of fused-ring (bicyclic) bond motifs is 1. The lowest BCUT2D eigenvalue weighted by atomic mass is 9.45. The first-order valence-corrected chi connectivity index (χ1v) is 7.57. The molecule has 0 radical (unpaired) electrons. The zero-order chi connectivity index (χ0) is 13.6. The lowest BCUT2D eigenvalue weighted by molar-refractivity contribution is -0.171. The molecule has 2 N–H and O–H groups in total. The SMILES string of the molecule is CC1(C)CCC[C@@]2(C)[C@@H](CCO)[C@@](C)(O)CC[C@@H]12. The van der Waals surface area contributed by atoms with E-state index in [1.807, 2.05) is 6.92 Å². The fourth-order valence-corrected chi connectivity index (χ4v) is 5.39. The zero-order valence-corrected chi connectivity index (χ0v) is 12.5. The first kappa shape index (κ1) is 14.3. The first-order valence-electron chi connectivity index (χ1n) is 7.57. The summed E-state index contributed by atoms with van der Waals surface area (Å²) in [5.74, 6) is 0.934. The van der Waals surface area contributed by atoms with Crippen molar-refractivity contribution in [3.05, 3.63) is 0 Å². The van der Waals surface area contributed by atoms with Gasteiger partial charge in [-0.05, 0) is 61.7 Å². The van der Waals surface area contributed by atoms with Crippen LogP contribution in [0, 0.1) is 22.7 Å². The quantitative estimate of drug-likeness (QED) is 0.793. The molecular weight excluding hydrogens is 224 g/mol. The van der Waals surface area contributed by atoms with Crippen LogP contribution >= 0.6 is 0 Å². The van der Waals surface area contributed by atoms with Gasteiger partial charge in [-0.1, -0.05) is 27.2 Å². The summed E-state index contributed by atoms with van der Waals surface area (Å²) in [6.45, 7) is 9.34. The minimum Gasteiger partial charge on any atom is -0.396 e. The van der Waals surface area contributed by atoms with Crippen LogP contribution in [0.5, 0.6) is 0 Å². The molecule has 0 aromatic heterocycles. The van der Waals surface area contributed by atoms with Crippen molar-refractivity contribution in [3.8, 4) is 0 Å². The van der Waals surface area contributed by atoms with Gasteiger partial charge in [0.15, 0.2) is 0 Å². The molecule has 0 amide bonds. The third kappa shape index (κ3) is 2.12. The molecule has 4 atom stereocenters. The molecule has 0 bridgehead atoms. The van der Waals surface area contributed by atoms with Crippen molar-refractivity contribution >= 4 is 0 Å². The standard InChI is InChI=1S/C16H30O2/c1-14(2)8-5-9-15(3)12(14)6-10-16(4,18)13(15)7-11-17/h12-13,17-18H,5-11H2,1-4H3/t12-,13+,15+,16-/m0/s1. The summed E-state index contributed by atoms with van der Waals surface area (Å²) in [7, 11) is 0. The Morgan fingerprint density at radius 3 is 2.33 bits per heavy atom. The number of aliphatic hydroxyl groups excluding tert-OH is 1. The van der Waals surface area contributed by atoms with Gasteiger partial charge in [0.1, 0.15) is 0 Å². The number of aliphatic hydroxyl groups is 2. The van der Waals surface area contributed by atoms with Crippen molar-refractivity contribution in [2.75, 3.05) is 6.61 Å². The molecule has 18 heavy (non-hydrogen) atoms. The van der Waals surface area contributed by atoms with E-state index in [2.05, 4.69) is 20.8 Å². The Morgan fingerprint density at radius 1 is 1.06 bits per heavy atom. The number of hydrogen-bond acceptors (Lipinski definition) is 2. The Morgan fingerprint density at radius 2 is 1.72 bits per heavy atom. The highest BCUT2D eigenvalue weighted by Crippen LogP contribution is 2.62. The smallest absolute Gasteiger partial charge is 0.0654 e. The molecule has 106 valence electrons. The van der Waals surface area contributed by atoms with E-state index in [0.717, 1.165) is 19.3 Å². The summed E-state index contributed by atoms with van der Waals surface area (Å²) in [5, 5.41) is 20.1. The van der Waals surface area contributed by atoms with Gasteiger partial charge in [0.25, 0.3) is 0 Å². The minimum atomic E-state index is -0.596. The van der Waals surface area contributed by atoms with Crippen LogP contribution in [-0.2, 0) is 0 Å². The van der Waals surface area contributed by atoms with Crippen molar-refractivity contribution in [2.45, 2.75) is 71.8 Å². The van der Waals surface area contributed by atoms with E-state index in [4.69, 9.17) is 0 Å². The Hall–Kier alpha value is -0.0800. The van der Waals surface area contributed by atoms with E-state index in [1.54, 1.807) is 0 Å². The normalized spacial score (nSPS) is 47.7. The van der Waals surface area contributed by atoms with Gasteiger partial charge in [-0.3, -0.25) is 0 Å². The van der Waals surface area contributed by atoms with Crippen LogP contribution in [0.2, 0.25) is 0 Å². The molecule has 0 saturated heterocycles. The van der Waals surface area contributed by atoms with Crippen LogP contribution in [-0.4, -0.2) is 22.4 Å². The van der Waals surface area contributed by atoms with Crippen LogP contribution in [0.25, 0.3) is 0 Å². The zero-order valence-electron chi connectivity index (χ0n) is 12.5. The fraction of sp³-hybridized carbons (Fsp3) is 1.00. The van der Waals surface area contributed by atoms with Gasteiger partial charge in [-0.25, -0.2) is 0 Å². The molecular formula is C16H30O2. The summed E-state index contributed by atoms with van der Waals surface area (Å²) in [6, 6.07) is 0. The molecule has 0 spiro atoms. The van der Waals surface area contributed by atoms with Crippen molar-refractivity contribution in [2.24, 2.45) is 22.7 Å². The average molecular weight is 254 g/mol. The second kappa shape index (κ2) is 4.49. The monoisotopic (exact) mass is 254 g/mol. The number of rotatable bonds is 2. The Bertz CT molecular complexity index is 308. The molecule has 0 heterocycles. The Labute approximate surface area is 112 Å². The van der Waals surface area contributed by atoms with E-state index in [0.29, 0.717) is 11.3 Å². The second-order valence-corrected chi connectivity index (χ2v) is 7.86. The lowest BCUT2D eigenvalue weighted by Crippen LogP contribution is -2.57. The van der Waals surface area contributed by atoms with E-state index >= 15 is 0 Å². The molecule has 2 heteroatoms. The Kier molecular flexibility index (Phi) is 3.57. The van der Waals surface area contributed by atoms with Gasteiger partial charge in [-0.15, -0.1) is 0 Å². The molecule has 2 fully saturated rings. The van der Waals surface area contributed by atoms with E-state index in [9.17, 15) is 10.2 Å². The number of hydrogen-bond donors (Lipinski definition) is 2. The van der Waals surface area contributed by atoms with Gasteiger partial charge < -0.3 is 10.2 Å². The van der Waals surface area contributed by atoms with Crippen molar-refractivity contribution in [1.82, 2.24) is 0 Å². The third-order valence-electron chi connectivity index (χ3n) is 6.18. The summed E-state index contributed by atoms with van der Waals surface area (Å²) >= 11 is 0. The van der Waals surface area contributed by atoms with Gasteiger partial charge in [0, 0.05) is 6.61 Å². The van der Waals surface area contributed by atoms with Crippen LogP contribution in [0.15, 0.2) is 0 Å². The summed E-state index contributed by atoms with van der Waals surface area (Å²) in [4.78, 5) is 0. The molecule has 2 rings (SSSR count). The summed E-state index contributed by atoms with van der Waals surface area (Å²) in [5.41, 5.74) is -0.00909. The maximum absolute atomic E-state index is 10.7. The lowest BCUT2D eigenvalue weighted by Gasteiger charge is -2.61. The van der Waals surface area contributed by atoms with Gasteiger partial charge in [0.05, 0.1) is 5.60 Å². The van der Waals surface area contributed by atoms with Crippen LogP contribution < -0.4 is 0 Å². The highest BCUT2D eigenvalue weighted by Gasteiger charge is 2.57. The van der Waals surface area contributed by atoms with E-state index < -0.39 is 5.60 Å². The molecule has 2 nitrogen and oxygen atoms in total. The van der Waals surface area contributed by atoms with Crippen LogP contribution in [0.3, 0.4) is 0 Å². The summed E-state index contributed by atoms with van der Waals surface area (Å²) < 4.78 is 0. The molecule has 0 unspecified atom stereocenters. The highest BCUT2D eigenvalue weighted by atomic mass is 16.3. The van der Waals surface area contributed by atoms with Gasteiger partial charge >= 0.3 is 0 Å². The maximum atomic E-state index is 10.7. The molecule has 0 aliphatic heterocycles. The molecule has 0 aromatic carbocycles. The molecule has 2 aliphatic rings.